The van der Waals surface area contributed by atoms with Crippen molar-refractivity contribution in [2.24, 2.45) is 5.84 Å². The molecular formula is C16H21N3O2. The lowest BCUT2D eigenvalue weighted by molar-refractivity contribution is -0.122. The Kier molecular flexibility index (Phi) is 5.14. The summed E-state index contributed by atoms with van der Waals surface area (Å²) in [5.74, 6) is 5.67. The van der Waals surface area contributed by atoms with Crippen LogP contribution in [0.15, 0.2) is 47.1 Å². The Morgan fingerprint density at radius 1 is 1.29 bits per heavy atom. The fourth-order valence-corrected chi connectivity index (χ4v) is 2.22. The molecule has 1 aromatic carbocycles. The monoisotopic (exact) mass is 287 g/mol. The van der Waals surface area contributed by atoms with Gasteiger partial charge in [-0.15, -0.1) is 0 Å². The highest BCUT2D eigenvalue weighted by Gasteiger charge is 2.13. The molecule has 3 N–H and O–H groups in total. The molecule has 2 rings (SSSR count). The van der Waals surface area contributed by atoms with Gasteiger partial charge in [0, 0.05) is 6.54 Å². The summed E-state index contributed by atoms with van der Waals surface area (Å²) in [7, 11) is 2.04. The van der Waals surface area contributed by atoms with Crippen LogP contribution >= 0.6 is 0 Å². The normalized spacial score (nSPS) is 12.4. The third kappa shape index (κ3) is 4.18. The molecule has 0 bridgehead atoms. The van der Waals surface area contributed by atoms with Gasteiger partial charge in [0.15, 0.2) is 0 Å². The van der Waals surface area contributed by atoms with E-state index < -0.39 is 0 Å². The van der Waals surface area contributed by atoms with Crippen molar-refractivity contribution >= 4 is 5.91 Å². The molecule has 2 aromatic rings. The minimum Gasteiger partial charge on any atom is -0.468 e. The number of nitrogens with two attached hydrogens (primary N) is 1. The first-order valence-corrected chi connectivity index (χ1v) is 6.90. The molecule has 5 nitrogen and oxygen atoms in total. The number of amides is 1. The maximum Gasteiger partial charge on any atom is 0.241 e. The average molecular weight is 287 g/mol. The van der Waals surface area contributed by atoms with E-state index in [1.165, 1.54) is 5.56 Å². The first kappa shape index (κ1) is 15.3. The van der Waals surface area contributed by atoms with Crippen molar-refractivity contribution in [2.45, 2.75) is 25.9 Å². The van der Waals surface area contributed by atoms with Gasteiger partial charge in [-0.05, 0) is 37.2 Å². The fraction of sp³-hybridized carbons (Fsp3) is 0.312. The van der Waals surface area contributed by atoms with E-state index in [1.807, 2.05) is 50.4 Å². The van der Waals surface area contributed by atoms with Crippen LogP contribution in [0.3, 0.4) is 0 Å². The molecule has 1 atom stereocenters. The van der Waals surface area contributed by atoms with Crippen LogP contribution in [-0.4, -0.2) is 17.9 Å². The van der Waals surface area contributed by atoms with Crippen LogP contribution in [0.4, 0.5) is 0 Å². The van der Waals surface area contributed by atoms with Crippen LogP contribution in [0, 0.1) is 0 Å². The van der Waals surface area contributed by atoms with Crippen molar-refractivity contribution in [1.29, 1.82) is 0 Å². The van der Waals surface area contributed by atoms with Gasteiger partial charge in [0.1, 0.15) is 5.76 Å². The maximum atomic E-state index is 11.5. The van der Waals surface area contributed by atoms with E-state index in [2.05, 4.69) is 10.3 Å². The standard InChI is InChI=1S/C16H21N3O2/c1-12(16(20)18-17)14-7-5-13(6-8-14)10-19(2)11-15-4-3-9-21-15/h3-9,12H,10-11,17H2,1-2H3,(H,18,20). The molecule has 0 spiro atoms. The van der Waals surface area contributed by atoms with E-state index in [0.717, 1.165) is 24.4 Å². The summed E-state index contributed by atoms with van der Waals surface area (Å²) in [6.45, 7) is 3.42. The molecule has 21 heavy (non-hydrogen) atoms. The van der Waals surface area contributed by atoms with Crippen LogP contribution in [0.2, 0.25) is 0 Å². The number of rotatable bonds is 6. The zero-order valence-corrected chi connectivity index (χ0v) is 12.4. The minimum absolute atomic E-state index is 0.183. The number of nitrogens with zero attached hydrogens (tertiary/aromatic N) is 1. The lowest BCUT2D eigenvalue weighted by atomic mass is 9.99. The summed E-state index contributed by atoms with van der Waals surface area (Å²) in [6, 6.07) is 11.9. The molecule has 0 radical (unpaired) electrons. The number of furan rings is 1. The molecule has 1 unspecified atom stereocenters. The molecule has 0 saturated carbocycles. The molecule has 0 aliphatic carbocycles. The number of carbonyl (C=O) groups is 1. The summed E-state index contributed by atoms with van der Waals surface area (Å²) in [4.78, 5) is 13.7. The zero-order valence-electron chi connectivity index (χ0n) is 12.4. The van der Waals surface area contributed by atoms with Gasteiger partial charge in [0.25, 0.3) is 0 Å². The Morgan fingerprint density at radius 2 is 2.00 bits per heavy atom. The zero-order chi connectivity index (χ0) is 15.2. The van der Waals surface area contributed by atoms with Gasteiger partial charge in [-0.25, -0.2) is 5.84 Å². The van der Waals surface area contributed by atoms with Gasteiger partial charge >= 0.3 is 0 Å². The summed E-state index contributed by atoms with van der Waals surface area (Å²) in [5, 5.41) is 0. The fourth-order valence-electron chi connectivity index (χ4n) is 2.22. The lowest BCUT2D eigenvalue weighted by Crippen LogP contribution is -2.33. The third-order valence-corrected chi connectivity index (χ3v) is 3.47. The molecule has 0 fully saturated rings. The first-order chi connectivity index (χ1) is 10.1. The van der Waals surface area contributed by atoms with Gasteiger partial charge in [-0.3, -0.25) is 15.1 Å². The Hall–Kier alpha value is -2.11. The Bertz CT molecular complexity index is 564. The Labute approximate surface area is 124 Å². The molecule has 0 saturated heterocycles. The van der Waals surface area contributed by atoms with E-state index >= 15 is 0 Å². The number of hydrogen-bond acceptors (Lipinski definition) is 4. The van der Waals surface area contributed by atoms with Crippen LogP contribution in [0.25, 0.3) is 0 Å². The molecule has 112 valence electrons. The van der Waals surface area contributed by atoms with Crippen LogP contribution in [0.1, 0.15) is 29.7 Å². The molecule has 0 aliphatic rings. The highest BCUT2D eigenvalue weighted by Crippen LogP contribution is 2.17. The summed E-state index contributed by atoms with van der Waals surface area (Å²) in [6.07, 6.45) is 1.68. The second-order valence-electron chi connectivity index (χ2n) is 5.22. The first-order valence-electron chi connectivity index (χ1n) is 6.90. The van der Waals surface area contributed by atoms with Crippen LogP contribution < -0.4 is 11.3 Å². The molecule has 1 amide bonds. The molecule has 5 heteroatoms. The largest absolute Gasteiger partial charge is 0.468 e. The molecule has 1 heterocycles. The van der Waals surface area contributed by atoms with Crippen molar-refractivity contribution in [2.75, 3.05) is 7.05 Å². The molecule has 1 aromatic heterocycles. The smallest absolute Gasteiger partial charge is 0.241 e. The number of carbonyl (C=O) groups excluding carboxylic acids is 1. The van der Waals surface area contributed by atoms with Gasteiger partial charge in [0.2, 0.25) is 5.91 Å². The Morgan fingerprint density at radius 3 is 2.57 bits per heavy atom. The second kappa shape index (κ2) is 7.06. The van der Waals surface area contributed by atoms with Gasteiger partial charge in [-0.2, -0.15) is 0 Å². The SMILES string of the molecule is CC(C(=O)NN)c1ccc(CN(C)Cc2ccco2)cc1. The van der Waals surface area contributed by atoms with E-state index in [9.17, 15) is 4.79 Å². The van der Waals surface area contributed by atoms with E-state index in [-0.39, 0.29) is 11.8 Å². The quantitative estimate of drug-likeness (QED) is 0.484. The molecule has 0 aliphatic heterocycles. The van der Waals surface area contributed by atoms with Crippen molar-refractivity contribution in [1.82, 2.24) is 10.3 Å². The van der Waals surface area contributed by atoms with Crippen molar-refractivity contribution in [3.8, 4) is 0 Å². The van der Waals surface area contributed by atoms with Gasteiger partial charge < -0.3 is 4.42 Å². The highest BCUT2D eigenvalue weighted by molar-refractivity contribution is 5.82. The Balaban J connectivity index is 1.94. The van der Waals surface area contributed by atoms with E-state index in [0.29, 0.717) is 0 Å². The average Bonchev–Trinajstić information content (AvgIpc) is 2.99. The lowest BCUT2D eigenvalue weighted by Gasteiger charge is -2.16. The highest BCUT2D eigenvalue weighted by atomic mass is 16.3. The topological polar surface area (TPSA) is 71.5 Å². The van der Waals surface area contributed by atoms with Crippen LogP contribution in [0.5, 0.6) is 0 Å². The number of nitrogens with one attached hydrogen (secondary N) is 1. The van der Waals surface area contributed by atoms with Crippen molar-refractivity contribution in [3.63, 3.8) is 0 Å². The van der Waals surface area contributed by atoms with E-state index in [1.54, 1.807) is 6.26 Å². The van der Waals surface area contributed by atoms with Crippen molar-refractivity contribution in [3.05, 3.63) is 59.5 Å². The number of hydrogen-bond donors (Lipinski definition) is 2. The third-order valence-electron chi connectivity index (χ3n) is 3.47. The number of hydrazine groups is 1. The molecular weight excluding hydrogens is 266 g/mol. The predicted molar refractivity (Wildman–Crippen MR) is 81.1 cm³/mol. The summed E-state index contributed by atoms with van der Waals surface area (Å²) in [5.41, 5.74) is 4.32. The summed E-state index contributed by atoms with van der Waals surface area (Å²) >= 11 is 0. The van der Waals surface area contributed by atoms with Gasteiger partial charge in [0.05, 0.1) is 18.7 Å². The number of benzene rings is 1. The predicted octanol–water partition coefficient (Wildman–Crippen LogP) is 2.00. The second-order valence-corrected chi connectivity index (χ2v) is 5.22. The minimum atomic E-state index is -0.245. The van der Waals surface area contributed by atoms with Crippen molar-refractivity contribution < 1.29 is 9.21 Å². The summed E-state index contributed by atoms with van der Waals surface area (Å²) < 4.78 is 5.33. The van der Waals surface area contributed by atoms with Crippen LogP contribution in [-0.2, 0) is 17.9 Å². The maximum absolute atomic E-state index is 11.5. The van der Waals surface area contributed by atoms with E-state index in [4.69, 9.17) is 10.3 Å². The van der Waals surface area contributed by atoms with Gasteiger partial charge in [-0.1, -0.05) is 24.3 Å².